The number of hydrogen-bond acceptors (Lipinski definition) is 6. The van der Waals surface area contributed by atoms with Gasteiger partial charge in [0.15, 0.2) is 5.82 Å². The number of carbonyl (C=O) groups excluding carboxylic acids is 1. The molecule has 234 valence electrons. The zero-order chi connectivity index (χ0) is 31.8. The third kappa shape index (κ3) is 5.61. The summed E-state index contributed by atoms with van der Waals surface area (Å²) >= 11 is 6.41. The second kappa shape index (κ2) is 12.6. The lowest BCUT2D eigenvalue weighted by Crippen LogP contribution is -2.55. The standard InChI is InChI=1S/C36H33ClFN5O3/c1-23(39-36(45)46-22-29-27-13-7-5-11-25(27)26-12-6-8-14-28(26)29)34-40-33-31(38)16-15-30(37)32(33)35(44)43(34)42-19-17-41(18-20-42)21-24-9-3-2-4-10-24/h2-16,23,29H,17-22H2,1H3,(H,39,45)/t23-/m0/s1. The van der Waals surface area contributed by atoms with Crippen LogP contribution in [-0.4, -0.2) is 53.4 Å². The molecular formula is C36H33ClFN5O3. The third-order valence-corrected chi connectivity index (χ3v) is 9.19. The van der Waals surface area contributed by atoms with Gasteiger partial charge in [-0.05, 0) is 46.9 Å². The fraction of sp³-hybridized carbons (Fsp3) is 0.250. The second-order valence-electron chi connectivity index (χ2n) is 11.7. The van der Waals surface area contributed by atoms with E-state index in [2.05, 4.69) is 51.6 Å². The van der Waals surface area contributed by atoms with Crippen molar-refractivity contribution < 1.29 is 13.9 Å². The average Bonchev–Trinajstić information content (AvgIpc) is 3.39. The molecule has 0 bridgehead atoms. The number of alkyl carbamates (subject to hydrolysis) is 1. The van der Waals surface area contributed by atoms with E-state index in [9.17, 15) is 9.59 Å². The predicted molar refractivity (Wildman–Crippen MR) is 177 cm³/mol. The number of halogens is 2. The van der Waals surface area contributed by atoms with E-state index in [0.29, 0.717) is 26.2 Å². The van der Waals surface area contributed by atoms with Crippen LogP contribution in [0.3, 0.4) is 0 Å². The van der Waals surface area contributed by atoms with Crippen LogP contribution in [-0.2, 0) is 11.3 Å². The summed E-state index contributed by atoms with van der Waals surface area (Å²) in [4.78, 5) is 34.1. The van der Waals surface area contributed by atoms with Crippen LogP contribution in [0.4, 0.5) is 9.18 Å². The van der Waals surface area contributed by atoms with E-state index in [1.807, 2.05) is 47.5 Å². The molecule has 7 rings (SSSR count). The molecule has 1 N–H and O–H groups in total. The molecule has 0 spiro atoms. The molecule has 1 amide bonds. The lowest BCUT2D eigenvalue weighted by molar-refractivity contribution is 0.139. The summed E-state index contributed by atoms with van der Waals surface area (Å²) in [7, 11) is 0. The first-order chi connectivity index (χ1) is 22.4. The van der Waals surface area contributed by atoms with Crippen molar-refractivity contribution in [1.29, 1.82) is 0 Å². The van der Waals surface area contributed by atoms with Crippen LogP contribution in [0.1, 0.15) is 41.4 Å². The summed E-state index contributed by atoms with van der Waals surface area (Å²) in [6.07, 6.45) is -0.658. The van der Waals surface area contributed by atoms with Gasteiger partial charge < -0.3 is 15.1 Å². The van der Waals surface area contributed by atoms with Gasteiger partial charge in [0.2, 0.25) is 0 Å². The van der Waals surface area contributed by atoms with Gasteiger partial charge in [-0.1, -0.05) is 90.5 Å². The Hall–Kier alpha value is -4.73. The molecule has 5 aromatic rings. The molecule has 10 heteroatoms. The highest BCUT2D eigenvalue weighted by atomic mass is 35.5. The summed E-state index contributed by atoms with van der Waals surface area (Å²) in [5.74, 6) is -0.566. The molecule has 0 saturated carbocycles. The van der Waals surface area contributed by atoms with Gasteiger partial charge in [0, 0.05) is 38.6 Å². The third-order valence-electron chi connectivity index (χ3n) is 8.87. The molecule has 46 heavy (non-hydrogen) atoms. The SMILES string of the molecule is C[C@H](NC(=O)OCC1c2ccccc2-c2ccccc21)c1nc2c(F)ccc(Cl)c2c(=O)n1N1CCN(Cc2ccccc2)CC1. The fourth-order valence-electron chi connectivity index (χ4n) is 6.60. The van der Waals surface area contributed by atoms with E-state index < -0.39 is 23.5 Å². The number of piperazine rings is 1. The van der Waals surface area contributed by atoms with Crippen molar-refractivity contribution in [1.82, 2.24) is 19.9 Å². The fourth-order valence-corrected chi connectivity index (χ4v) is 6.83. The summed E-state index contributed by atoms with van der Waals surface area (Å²) in [5.41, 5.74) is 5.07. The summed E-state index contributed by atoms with van der Waals surface area (Å²) in [6.45, 7) is 5.09. The first-order valence-electron chi connectivity index (χ1n) is 15.4. The van der Waals surface area contributed by atoms with Crippen molar-refractivity contribution in [2.24, 2.45) is 0 Å². The monoisotopic (exact) mass is 637 g/mol. The number of fused-ring (bicyclic) bond motifs is 4. The first kappa shape index (κ1) is 30.0. The molecule has 0 radical (unpaired) electrons. The molecular weight excluding hydrogens is 605 g/mol. The molecule has 2 aliphatic rings. The topological polar surface area (TPSA) is 79.7 Å². The Bertz CT molecular complexity index is 1930. The van der Waals surface area contributed by atoms with Crippen molar-refractivity contribution >= 4 is 28.6 Å². The van der Waals surface area contributed by atoms with Crippen LogP contribution in [0.15, 0.2) is 95.8 Å². The van der Waals surface area contributed by atoms with Gasteiger partial charge in [0.05, 0.1) is 16.5 Å². The van der Waals surface area contributed by atoms with Crippen molar-refractivity contribution in [2.75, 3.05) is 37.8 Å². The molecule has 4 aromatic carbocycles. The Kier molecular flexibility index (Phi) is 8.19. The van der Waals surface area contributed by atoms with Crippen LogP contribution in [0.25, 0.3) is 22.0 Å². The highest BCUT2D eigenvalue weighted by Crippen LogP contribution is 2.44. The van der Waals surface area contributed by atoms with Crippen molar-refractivity contribution in [3.63, 3.8) is 0 Å². The Balaban J connectivity index is 1.12. The van der Waals surface area contributed by atoms with Gasteiger partial charge in [0.25, 0.3) is 5.56 Å². The highest BCUT2D eigenvalue weighted by molar-refractivity contribution is 6.35. The van der Waals surface area contributed by atoms with Crippen LogP contribution in [0.2, 0.25) is 5.02 Å². The minimum Gasteiger partial charge on any atom is -0.449 e. The predicted octanol–water partition coefficient (Wildman–Crippen LogP) is 6.24. The first-order valence-corrected chi connectivity index (χ1v) is 15.8. The number of nitrogens with one attached hydrogen (secondary N) is 1. The van der Waals surface area contributed by atoms with Crippen LogP contribution >= 0.6 is 11.6 Å². The highest BCUT2D eigenvalue weighted by Gasteiger charge is 2.30. The average molecular weight is 638 g/mol. The molecule has 1 aromatic heterocycles. The molecule has 1 aliphatic carbocycles. The van der Waals surface area contributed by atoms with E-state index in [4.69, 9.17) is 16.3 Å². The summed E-state index contributed by atoms with van der Waals surface area (Å²) in [6, 6.07) is 28.2. The minimum absolute atomic E-state index is 0.00507. The summed E-state index contributed by atoms with van der Waals surface area (Å²) in [5, 5.41) is 4.86. The maximum atomic E-state index is 15.0. The van der Waals surface area contributed by atoms with Crippen LogP contribution in [0.5, 0.6) is 0 Å². The lowest BCUT2D eigenvalue weighted by atomic mass is 9.98. The van der Waals surface area contributed by atoms with Crippen LogP contribution < -0.4 is 15.9 Å². The van der Waals surface area contributed by atoms with Gasteiger partial charge in [0.1, 0.15) is 17.9 Å². The minimum atomic E-state index is -0.784. The number of carbonyl (C=O) groups is 1. The molecule has 1 saturated heterocycles. The molecule has 1 fully saturated rings. The zero-order valence-corrected chi connectivity index (χ0v) is 26.1. The molecule has 2 heterocycles. The normalized spacial score (nSPS) is 15.4. The molecule has 1 aliphatic heterocycles. The van der Waals surface area contributed by atoms with Gasteiger partial charge in [-0.2, -0.15) is 0 Å². The number of benzene rings is 4. The van der Waals surface area contributed by atoms with E-state index >= 15 is 4.39 Å². The van der Waals surface area contributed by atoms with E-state index in [1.54, 1.807) is 6.92 Å². The zero-order valence-electron chi connectivity index (χ0n) is 25.3. The van der Waals surface area contributed by atoms with Gasteiger partial charge in [-0.15, -0.1) is 0 Å². The number of amides is 1. The van der Waals surface area contributed by atoms with Crippen molar-refractivity contribution in [3.05, 3.63) is 135 Å². The molecule has 8 nitrogen and oxygen atoms in total. The molecule has 0 unspecified atom stereocenters. The van der Waals surface area contributed by atoms with Crippen molar-refractivity contribution in [2.45, 2.75) is 25.4 Å². The van der Waals surface area contributed by atoms with Gasteiger partial charge >= 0.3 is 6.09 Å². The summed E-state index contributed by atoms with van der Waals surface area (Å²) < 4.78 is 22.2. The Morgan fingerprint density at radius 2 is 1.57 bits per heavy atom. The van der Waals surface area contributed by atoms with E-state index in [-0.39, 0.29) is 34.3 Å². The number of aromatic nitrogens is 2. The molecule has 1 atom stereocenters. The maximum Gasteiger partial charge on any atom is 0.407 e. The Morgan fingerprint density at radius 3 is 2.24 bits per heavy atom. The number of ether oxygens (including phenoxy) is 1. The second-order valence-corrected chi connectivity index (χ2v) is 12.2. The largest absolute Gasteiger partial charge is 0.449 e. The maximum absolute atomic E-state index is 15.0. The lowest BCUT2D eigenvalue weighted by Gasteiger charge is -2.38. The quantitative estimate of drug-likeness (QED) is 0.228. The Morgan fingerprint density at radius 1 is 0.935 bits per heavy atom. The van der Waals surface area contributed by atoms with Gasteiger partial charge in [-0.3, -0.25) is 9.69 Å². The van der Waals surface area contributed by atoms with Crippen LogP contribution in [0, 0.1) is 5.82 Å². The van der Waals surface area contributed by atoms with E-state index in [0.717, 1.165) is 28.8 Å². The smallest absolute Gasteiger partial charge is 0.407 e. The number of rotatable bonds is 7. The Labute approximate surface area is 271 Å². The number of nitrogens with zero attached hydrogens (tertiary/aromatic N) is 4. The van der Waals surface area contributed by atoms with Gasteiger partial charge in [-0.25, -0.2) is 18.8 Å². The van der Waals surface area contributed by atoms with E-state index in [1.165, 1.54) is 22.4 Å². The number of hydrogen-bond donors (Lipinski definition) is 1. The van der Waals surface area contributed by atoms with Crippen molar-refractivity contribution in [3.8, 4) is 11.1 Å².